The largest absolute Gasteiger partial charge is 0.477 e. The number of nitriles is 1. The molecule has 7 heteroatoms. The van der Waals surface area contributed by atoms with Gasteiger partial charge in [-0.05, 0) is 176 Å². The van der Waals surface area contributed by atoms with Crippen LogP contribution in [-0.4, -0.2) is 37.3 Å². The molecule has 10 rings (SSSR count). The zero-order valence-electron chi connectivity index (χ0n) is 39.2. The van der Waals surface area contributed by atoms with Crippen LogP contribution >= 0.6 is 11.3 Å². The second-order valence-electron chi connectivity index (χ2n) is 21.5. The molecular formula is C58H60N4O2S. The van der Waals surface area contributed by atoms with Crippen LogP contribution < -0.4 is 14.7 Å². The fraction of sp³-hybridized carbons (Fsp3) is 0.345. The SMILES string of the molecule is CC1(C)CCN2CCC(C)(C)c3cc(-c4ccc(N(c5ccc(-c6cc7c8c(c6)C(C)(C)CCN8CCC7(C)C)cc5)c5ccc(-c6ccc(C=C(C#N)C(=O)O)s6)cc5)cc4)cc1c32. The Balaban J connectivity index is 1.04. The molecule has 1 aromatic heterocycles. The third-order valence-electron chi connectivity index (χ3n) is 15.4. The standard InChI is InChI=1S/C58H60N4O2S/c1-55(2)23-27-60-28-24-56(3,4)48-33-40(32-47(55)52(48)60)37-9-15-43(16-10-37)62(45-19-13-39(14-20-45)51-22-21-46(65-51)31-42(36-59)54(63)64)44-17-11-38(12-18-44)41-34-49-53-50(35-41)58(7,8)26-30-61(53)29-25-57(49,5)6/h9-22,31-35H,23-30H2,1-8H3,(H,63,64). The lowest BCUT2D eigenvalue weighted by Gasteiger charge is -2.48. The van der Waals surface area contributed by atoms with Gasteiger partial charge >= 0.3 is 5.97 Å². The summed E-state index contributed by atoms with van der Waals surface area (Å²) in [7, 11) is 0. The maximum atomic E-state index is 11.5. The van der Waals surface area contributed by atoms with Crippen LogP contribution in [0.4, 0.5) is 28.4 Å². The van der Waals surface area contributed by atoms with Crippen molar-refractivity contribution in [3.8, 4) is 38.8 Å². The topological polar surface area (TPSA) is 70.8 Å². The van der Waals surface area contributed by atoms with Crippen molar-refractivity contribution in [1.82, 2.24) is 0 Å². The Kier molecular flexibility index (Phi) is 10.2. The van der Waals surface area contributed by atoms with Crippen LogP contribution in [0, 0.1) is 11.3 Å². The molecule has 0 saturated carbocycles. The Labute approximate surface area is 389 Å². The predicted octanol–water partition coefficient (Wildman–Crippen LogP) is 14.5. The van der Waals surface area contributed by atoms with Crippen molar-refractivity contribution in [2.45, 2.75) is 103 Å². The van der Waals surface area contributed by atoms with E-state index in [-0.39, 0.29) is 27.2 Å². The number of benzene rings is 5. The average Bonchev–Trinajstić information content (AvgIpc) is 3.76. The fourth-order valence-electron chi connectivity index (χ4n) is 10.9. The second-order valence-corrected chi connectivity index (χ2v) is 22.6. The first-order chi connectivity index (χ1) is 30.9. The highest BCUT2D eigenvalue weighted by atomic mass is 32.1. The van der Waals surface area contributed by atoms with Crippen LogP contribution in [-0.2, 0) is 26.5 Å². The van der Waals surface area contributed by atoms with Gasteiger partial charge in [0, 0.05) is 64.4 Å². The van der Waals surface area contributed by atoms with Gasteiger partial charge in [0.1, 0.15) is 11.6 Å². The first-order valence-corrected chi connectivity index (χ1v) is 24.2. The lowest BCUT2D eigenvalue weighted by atomic mass is 9.69. The molecule has 0 radical (unpaired) electrons. The van der Waals surface area contributed by atoms with E-state index in [1.54, 1.807) is 6.07 Å². The first-order valence-electron chi connectivity index (χ1n) is 23.4. The summed E-state index contributed by atoms with van der Waals surface area (Å²) >= 11 is 1.47. The van der Waals surface area contributed by atoms with E-state index in [0.29, 0.717) is 0 Å². The van der Waals surface area contributed by atoms with Crippen molar-refractivity contribution in [1.29, 1.82) is 5.26 Å². The number of aliphatic carboxylic acids is 1. The van der Waals surface area contributed by atoms with Crippen molar-refractivity contribution < 1.29 is 9.90 Å². The summed E-state index contributed by atoms with van der Waals surface area (Å²) in [4.78, 5) is 20.9. The molecule has 0 fully saturated rings. The third kappa shape index (κ3) is 7.54. The first kappa shape index (κ1) is 42.8. The van der Waals surface area contributed by atoms with E-state index in [0.717, 1.165) is 84.2 Å². The molecular weight excluding hydrogens is 817 g/mol. The molecule has 1 N–H and O–H groups in total. The molecule has 0 spiro atoms. The van der Waals surface area contributed by atoms with Crippen molar-refractivity contribution in [3.05, 3.63) is 142 Å². The van der Waals surface area contributed by atoms with E-state index in [1.165, 1.54) is 73.3 Å². The third-order valence-corrected chi connectivity index (χ3v) is 16.5. The van der Waals surface area contributed by atoms with Gasteiger partial charge < -0.3 is 19.8 Å². The van der Waals surface area contributed by atoms with Crippen LogP contribution in [0.2, 0.25) is 0 Å². The molecule has 5 aromatic carbocycles. The van der Waals surface area contributed by atoms with Crippen LogP contribution in [0.5, 0.6) is 0 Å². The maximum Gasteiger partial charge on any atom is 0.346 e. The van der Waals surface area contributed by atoms with Gasteiger partial charge in [-0.25, -0.2) is 4.79 Å². The van der Waals surface area contributed by atoms with E-state index >= 15 is 0 Å². The molecule has 0 saturated heterocycles. The normalized spacial score (nSPS) is 18.6. The summed E-state index contributed by atoms with van der Waals surface area (Å²) in [6, 6.07) is 42.4. The van der Waals surface area contributed by atoms with Gasteiger partial charge in [0.15, 0.2) is 0 Å². The molecule has 0 atom stereocenters. The number of carboxylic acid groups (broad SMARTS) is 1. The van der Waals surface area contributed by atoms with Crippen LogP contribution in [0.15, 0.2) is 115 Å². The smallest absolute Gasteiger partial charge is 0.346 e. The summed E-state index contributed by atoms with van der Waals surface area (Å²) in [5.74, 6) is -1.22. The predicted molar refractivity (Wildman–Crippen MR) is 272 cm³/mol. The average molecular weight is 877 g/mol. The number of carbonyl (C=O) groups is 1. The highest BCUT2D eigenvalue weighted by Crippen LogP contribution is 2.52. The van der Waals surface area contributed by atoms with Gasteiger partial charge in [-0.2, -0.15) is 5.26 Å². The summed E-state index contributed by atoms with van der Waals surface area (Å²) in [6.07, 6.45) is 6.08. The fourth-order valence-corrected chi connectivity index (χ4v) is 11.9. The lowest BCUT2D eigenvalue weighted by Crippen LogP contribution is -2.44. The summed E-state index contributed by atoms with van der Waals surface area (Å²) in [5, 5.41) is 18.7. The van der Waals surface area contributed by atoms with Crippen molar-refractivity contribution in [2.75, 3.05) is 40.9 Å². The molecule has 6 aromatic rings. The molecule has 5 heterocycles. The number of rotatable bonds is 8. The van der Waals surface area contributed by atoms with Gasteiger partial charge in [-0.1, -0.05) is 91.8 Å². The molecule has 4 aliphatic heterocycles. The number of nitrogens with zero attached hydrogens (tertiary/aromatic N) is 4. The van der Waals surface area contributed by atoms with Gasteiger partial charge in [-0.15, -0.1) is 11.3 Å². The van der Waals surface area contributed by atoms with Crippen LogP contribution in [0.3, 0.4) is 0 Å². The quantitative estimate of drug-likeness (QED) is 0.121. The maximum absolute atomic E-state index is 11.5. The van der Waals surface area contributed by atoms with Gasteiger partial charge in [0.05, 0.1) is 0 Å². The van der Waals surface area contributed by atoms with E-state index in [4.69, 9.17) is 0 Å². The van der Waals surface area contributed by atoms with Gasteiger partial charge in [0.2, 0.25) is 0 Å². The Hall–Kier alpha value is -6.10. The van der Waals surface area contributed by atoms with Crippen LogP contribution in [0.25, 0.3) is 38.8 Å². The van der Waals surface area contributed by atoms with Crippen LogP contribution in [0.1, 0.15) is 108 Å². The highest BCUT2D eigenvalue weighted by Gasteiger charge is 2.42. The molecule has 330 valence electrons. The van der Waals surface area contributed by atoms with Crippen molar-refractivity contribution >= 4 is 51.8 Å². The van der Waals surface area contributed by atoms with Crippen molar-refractivity contribution in [2.24, 2.45) is 0 Å². The van der Waals surface area contributed by atoms with E-state index in [1.807, 2.05) is 12.1 Å². The summed E-state index contributed by atoms with van der Waals surface area (Å²) in [6.45, 7) is 23.8. The lowest BCUT2D eigenvalue weighted by molar-refractivity contribution is -0.132. The second kappa shape index (κ2) is 15.5. The molecule has 6 nitrogen and oxygen atoms in total. The van der Waals surface area contributed by atoms with E-state index < -0.39 is 5.97 Å². The van der Waals surface area contributed by atoms with E-state index in [2.05, 4.69) is 167 Å². The number of thiophene rings is 1. The number of hydrogen-bond acceptors (Lipinski definition) is 6. The number of carboxylic acids is 1. The Morgan fingerprint density at radius 3 is 1.25 bits per heavy atom. The van der Waals surface area contributed by atoms with Gasteiger partial charge in [0.25, 0.3) is 0 Å². The number of hydrogen-bond donors (Lipinski definition) is 1. The molecule has 65 heavy (non-hydrogen) atoms. The minimum Gasteiger partial charge on any atom is -0.477 e. The summed E-state index contributed by atoms with van der Waals surface area (Å²) < 4.78 is 0. The zero-order valence-corrected chi connectivity index (χ0v) is 40.0. The van der Waals surface area contributed by atoms with E-state index in [9.17, 15) is 15.2 Å². The molecule has 4 aliphatic rings. The Morgan fingerprint density at radius 2 is 0.908 bits per heavy atom. The highest BCUT2D eigenvalue weighted by molar-refractivity contribution is 7.16. The Bertz CT molecular complexity index is 2700. The molecule has 0 unspecified atom stereocenters. The van der Waals surface area contributed by atoms with Crippen molar-refractivity contribution in [3.63, 3.8) is 0 Å². The molecule has 0 amide bonds. The van der Waals surface area contributed by atoms with Gasteiger partial charge in [-0.3, -0.25) is 0 Å². The minimum absolute atomic E-state index is 0.113. The molecule has 0 bridgehead atoms. The zero-order chi connectivity index (χ0) is 45.6. The minimum atomic E-state index is -1.22. The monoisotopic (exact) mass is 876 g/mol. The Morgan fingerprint density at radius 1 is 0.554 bits per heavy atom. The molecule has 0 aliphatic carbocycles. The number of anilines is 5. The summed E-state index contributed by atoms with van der Waals surface area (Å²) in [5.41, 5.74) is 18.2.